The summed E-state index contributed by atoms with van der Waals surface area (Å²) in [6, 6.07) is 16.4. The van der Waals surface area contributed by atoms with Gasteiger partial charge >= 0.3 is 12.1 Å². The number of likely N-dealkylation sites (tertiary alicyclic amines) is 1. The Bertz CT molecular complexity index is 1150. The molecule has 184 valence electrons. The number of carbonyl (C=O) groups is 2. The normalized spacial score (nSPS) is 24.2. The molecule has 2 aromatic carbocycles. The van der Waals surface area contributed by atoms with Crippen LogP contribution in [0.5, 0.6) is 5.75 Å². The number of hydrogen-bond acceptors (Lipinski definition) is 7. The zero-order chi connectivity index (χ0) is 25.0. The van der Waals surface area contributed by atoms with Gasteiger partial charge in [-0.25, -0.2) is 9.79 Å². The highest BCUT2D eigenvalue weighted by Gasteiger charge is 2.50. The number of methoxy groups -OCH3 is 1. The van der Waals surface area contributed by atoms with E-state index in [9.17, 15) is 14.7 Å². The number of ether oxygens (including phenoxy) is 2. The van der Waals surface area contributed by atoms with E-state index in [1.54, 1.807) is 29.2 Å². The van der Waals surface area contributed by atoms with E-state index in [2.05, 4.69) is 4.99 Å². The monoisotopic (exact) mass is 477 g/mol. The van der Waals surface area contributed by atoms with Gasteiger partial charge in [-0.3, -0.25) is 4.79 Å². The summed E-state index contributed by atoms with van der Waals surface area (Å²) in [6.07, 6.45) is 3.04. The fourth-order valence-corrected chi connectivity index (χ4v) is 5.07. The number of nitrogens with two attached hydrogens (primary N) is 1. The second-order valence-electron chi connectivity index (χ2n) is 9.23. The van der Waals surface area contributed by atoms with Crippen molar-refractivity contribution >= 4 is 23.6 Å². The van der Waals surface area contributed by atoms with Crippen LogP contribution in [0.4, 0.5) is 4.79 Å². The lowest BCUT2D eigenvalue weighted by Gasteiger charge is -2.46. The summed E-state index contributed by atoms with van der Waals surface area (Å²) in [5, 5.41) is 10.4. The predicted molar refractivity (Wildman–Crippen MR) is 132 cm³/mol. The van der Waals surface area contributed by atoms with Crippen LogP contribution in [0.15, 0.2) is 65.7 Å². The number of aromatic hydroxyl groups is 1. The average molecular weight is 478 g/mol. The van der Waals surface area contributed by atoms with Crippen molar-refractivity contribution in [3.05, 3.63) is 71.8 Å². The highest BCUT2D eigenvalue weighted by molar-refractivity contribution is 6.05. The molecule has 3 atom stereocenters. The van der Waals surface area contributed by atoms with E-state index < -0.39 is 17.3 Å². The largest absolute Gasteiger partial charge is 0.507 e. The first kappa shape index (κ1) is 24.3. The zero-order valence-electron chi connectivity index (χ0n) is 20.0. The van der Waals surface area contributed by atoms with Crippen molar-refractivity contribution in [3.63, 3.8) is 0 Å². The Hall–Kier alpha value is -3.81. The van der Waals surface area contributed by atoms with E-state index in [1.165, 1.54) is 7.11 Å². The lowest BCUT2D eigenvalue weighted by molar-refractivity contribution is -0.147. The lowest BCUT2D eigenvalue weighted by atomic mass is 9.63. The number of amides is 1. The van der Waals surface area contributed by atoms with Crippen molar-refractivity contribution in [3.8, 4) is 5.75 Å². The van der Waals surface area contributed by atoms with Crippen LogP contribution in [0.2, 0.25) is 0 Å². The van der Waals surface area contributed by atoms with Crippen molar-refractivity contribution in [1.82, 2.24) is 4.90 Å². The van der Waals surface area contributed by atoms with E-state index in [0.717, 1.165) is 18.4 Å². The number of aliphatic imine (C=N–C) groups is 1. The van der Waals surface area contributed by atoms with Crippen molar-refractivity contribution in [2.24, 2.45) is 28.0 Å². The predicted octanol–water partition coefficient (Wildman–Crippen LogP) is 3.95. The minimum Gasteiger partial charge on any atom is -0.507 e. The number of piperidine rings is 1. The van der Waals surface area contributed by atoms with Gasteiger partial charge in [0.05, 0.1) is 12.8 Å². The Kier molecular flexibility index (Phi) is 7.10. The Morgan fingerprint density at radius 3 is 2.60 bits per heavy atom. The van der Waals surface area contributed by atoms with Crippen molar-refractivity contribution in [2.45, 2.75) is 26.4 Å². The molecule has 1 amide bonds. The smallest absolute Gasteiger partial charge is 0.410 e. The maximum Gasteiger partial charge on any atom is 0.410 e. The summed E-state index contributed by atoms with van der Waals surface area (Å²) in [6.45, 7) is 3.11. The Morgan fingerprint density at radius 2 is 1.89 bits per heavy atom. The maximum absolute atomic E-state index is 12.9. The van der Waals surface area contributed by atoms with Crippen LogP contribution >= 0.6 is 0 Å². The number of phenolic OH excluding ortho intramolecular Hbond substituents is 1. The molecular weight excluding hydrogens is 446 g/mol. The van der Waals surface area contributed by atoms with Crippen molar-refractivity contribution < 1.29 is 24.2 Å². The number of amidine groups is 1. The van der Waals surface area contributed by atoms with Crippen LogP contribution in [0.25, 0.3) is 5.70 Å². The summed E-state index contributed by atoms with van der Waals surface area (Å²) < 4.78 is 10.6. The third-order valence-corrected chi connectivity index (χ3v) is 7.00. The number of rotatable bonds is 5. The molecule has 2 aromatic rings. The first-order valence-electron chi connectivity index (χ1n) is 11.7. The lowest BCUT2D eigenvalue weighted by Crippen LogP contribution is -2.53. The van der Waals surface area contributed by atoms with Gasteiger partial charge in [0.25, 0.3) is 0 Å². The number of benzene rings is 2. The summed E-state index contributed by atoms with van der Waals surface area (Å²) >= 11 is 0. The van der Waals surface area contributed by atoms with Gasteiger partial charge < -0.3 is 25.2 Å². The van der Waals surface area contributed by atoms with Gasteiger partial charge in [-0.15, -0.1) is 0 Å². The molecule has 0 radical (unpaired) electrons. The third-order valence-electron chi connectivity index (χ3n) is 7.00. The molecule has 0 aliphatic carbocycles. The molecule has 2 heterocycles. The quantitative estimate of drug-likeness (QED) is 0.631. The first-order valence-corrected chi connectivity index (χ1v) is 11.7. The van der Waals surface area contributed by atoms with Crippen LogP contribution in [0.3, 0.4) is 0 Å². The van der Waals surface area contributed by atoms with Gasteiger partial charge in [0.15, 0.2) is 0 Å². The number of phenols is 1. The van der Waals surface area contributed by atoms with Crippen molar-refractivity contribution in [2.75, 3.05) is 20.2 Å². The molecule has 0 saturated carbocycles. The molecule has 3 N–H and O–H groups in total. The number of esters is 1. The van der Waals surface area contributed by atoms with E-state index in [0.29, 0.717) is 24.4 Å². The molecule has 0 aromatic heterocycles. The maximum atomic E-state index is 12.9. The van der Waals surface area contributed by atoms with Gasteiger partial charge in [-0.1, -0.05) is 55.5 Å². The molecular formula is C27H31N3O5. The topological polar surface area (TPSA) is 114 Å². The van der Waals surface area contributed by atoms with Gasteiger partial charge in [0.2, 0.25) is 0 Å². The Labute approximate surface area is 205 Å². The summed E-state index contributed by atoms with van der Waals surface area (Å²) in [7, 11) is 1.33. The Morgan fingerprint density at radius 1 is 1.17 bits per heavy atom. The molecule has 3 unspecified atom stereocenters. The molecule has 2 aliphatic rings. The minimum absolute atomic E-state index is 0.0731. The molecule has 8 heteroatoms. The summed E-state index contributed by atoms with van der Waals surface area (Å²) in [4.78, 5) is 31.9. The molecule has 0 bridgehead atoms. The van der Waals surface area contributed by atoms with Gasteiger partial charge in [0.1, 0.15) is 24.1 Å². The zero-order valence-corrected chi connectivity index (χ0v) is 20.0. The fourth-order valence-electron chi connectivity index (χ4n) is 5.07. The van der Waals surface area contributed by atoms with Crippen LogP contribution in [-0.2, 0) is 20.9 Å². The highest BCUT2D eigenvalue weighted by Crippen LogP contribution is 2.47. The third kappa shape index (κ3) is 5.01. The van der Waals surface area contributed by atoms with Crippen LogP contribution in [0, 0.1) is 17.3 Å². The average Bonchev–Trinajstić information content (AvgIpc) is 2.87. The molecule has 1 saturated heterocycles. The van der Waals surface area contributed by atoms with Gasteiger partial charge in [-0.05, 0) is 36.5 Å². The Balaban J connectivity index is 1.61. The second kappa shape index (κ2) is 10.2. The second-order valence-corrected chi connectivity index (χ2v) is 9.23. The van der Waals surface area contributed by atoms with Crippen LogP contribution in [0.1, 0.15) is 30.9 Å². The summed E-state index contributed by atoms with van der Waals surface area (Å²) in [5.74, 6) is -1.20. The standard InChI is InChI=1S/C27H31N3O5/c1-27(19-11-8-14-30(16-19)26(33)35-17-18-9-4-3-5-10-18)15-21(20-12-6-7-13-22(20)31)29-24(28)23(27)25(32)34-2/h3-7,9-10,12-13,15,19,23,31H,8,11,14,16-17H2,1-2H3,(H2,28,29). The van der Waals surface area contributed by atoms with Crippen LogP contribution in [-0.4, -0.2) is 48.1 Å². The van der Waals surface area contributed by atoms with Crippen molar-refractivity contribution in [1.29, 1.82) is 0 Å². The summed E-state index contributed by atoms with van der Waals surface area (Å²) in [5.41, 5.74) is 7.48. The number of allylic oxidation sites excluding steroid dienone is 1. The molecule has 2 aliphatic heterocycles. The first-order chi connectivity index (χ1) is 16.8. The molecule has 8 nitrogen and oxygen atoms in total. The van der Waals surface area contributed by atoms with E-state index in [4.69, 9.17) is 15.2 Å². The minimum atomic E-state index is -0.813. The van der Waals surface area contributed by atoms with Gasteiger partial charge in [0, 0.05) is 24.1 Å². The molecule has 0 spiro atoms. The van der Waals surface area contributed by atoms with Crippen LogP contribution < -0.4 is 5.73 Å². The van der Waals surface area contributed by atoms with E-state index >= 15 is 0 Å². The molecule has 4 rings (SSSR count). The highest BCUT2D eigenvalue weighted by atomic mass is 16.6. The number of hydrogen-bond donors (Lipinski definition) is 2. The van der Waals surface area contributed by atoms with E-state index in [1.807, 2.05) is 43.3 Å². The molecule has 1 fully saturated rings. The number of carbonyl (C=O) groups excluding carboxylic acids is 2. The number of nitrogens with zero attached hydrogens (tertiary/aromatic N) is 2. The van der Waals surface area contributed by atoms with E-state index in [-0.39, 0.29) is 30.2 Å². The SMILES string of the molecule is COC(=O)C1C(N)=NC(c2ccccc2O)=CC1(C)C1CCCN(C(=O)OCc2ccccc2)C1. The number of para-hydroxylation sites is 1. The van der Waals surface area contributed by atoms with Gasteiger partial charge in [-0.2, -0.15) is 0 Å². The molecule has 35 heavy (non-hydrogen) atoms. The fraction of sp³-hybridized carbons (Fsp3) is 0.370.